The van der Waals surface area contributed by atoms with Gasteiger partial charge < -0.3 is 5.32 Å². The molecule has 1 aliphatic heterocycles. The largest absolute Gasteiger partial charge is 0.380 e. The van der Waals surface area contributed by atoms with Gasteiger partial charge in [0.25, 0.3) is 0 Å². The molecule has 1 saturated heterocycles. The number of nitrogens with one attached hydrogen (secondary N) is 1. The van der Waals surface area contributed by atoms with Crippen LogP contribution >= 0.6 is 11.6 Å². The van der Waals surface area contributed by atoms with Crippen molar-refractivity contribution in [1.82, 2.24) is 0 Å². The van der Waals surface area contributed by atoms with E-state index >= 15 is 0 Å². The highest BCUT2D eigenvalue weighted by atomic mass is 35.5. The van der Waals surface area contributed by atoms with E-state index in [1.54, 1.807) is 12.1 Å². The SMILES string of the molecule is O=S1(=O)CC(Nc2cccc(Cl)c2)C1. The van der Waals surface area contributed by atoms with Crippen LogP contribution in [0.2, 0.25) is 5.02 Å². The van der Waals surface area contributed by atoms with Crippen LogP contribution in [0.25, 0.3) is 0 Å². The summed E-state index contributed by atoms with van der Waals surface area (Å²) in [6, 6.07) is 7.31. The Labute approximate surface area is 88.0 Å². The molecule has 2 rings (SSSR count). The number of benzene rings is 1. The summed E-state index contributed by atoms with van der Waals surface area (Å²) in [5, 5.41) is 3.76. The van der Waals surface area contributed by atoms with Crippen LogP contribution in [0.4, 0.5) is 5.69 Å². The summed E-state index contributed by atoms with van der Waals surface area (Å²) < 4.78 is 21.8. The van der Waals surface area contributed by atoms with E-state index < -0.39 is 9.84 Å². The van der Waals surface area contributed by atoms with Gasteiger partial charge in [0.05, 0.1) is 17.5 Å². The molecule has 0 spiro atoms. The molecular weight excluding hydrogens is 222 g/mol. The normalized spacial score (nSPS) is 20.1. The second-order valence-electron chi connectivity index (χ2n) is 3.43. The first-order valence-electron chi connectivity index (χ1n) is 4.28. The predicted octanol–water partition coefficient (Wildman–Crippen LogP) is 1.55. The minimum atomic E-state index is -2.76. The smallest absolute Gasteiger partial charge is 0.154 e. The molecule has 1 N–H and O–H groups in total. The number of rotatable bonds is 2. The third kappa shape index (κ3) is 2.19. The zero-order chi connectivity index (χ0) is 10.2. The van der Waals surface area contributed by atoms with Crippen molar-refractivity contribution >= 4 is 27.1 Å². The summed E-state index contributed by atoms with van der Waals surface area (Å²) in [5.74, 6) is 0.443. The second kappa shape index (κ2) is 3.44. The Balaban J connectivity index is 2.00. The maximum absolute atomic E-state index is 10.9. The molecule has 0 aromatic heterocycles. The van der Waals surface area contributed by atoms with Gasteiger partial charge in [-0.15, -0.1) is 0 Å². The maximum Gasteiger partial charge on any atom is 0.154 e. The lowest BCUT2D eigenvalue weighted by Crippen LogP contribution is -2.46. The van der Waals surface area contributed by atoms with Crippen LogP contribution in [-0.4, -0.2) is 26.0 Å². The van der Waals surface area contributed by atoms with Gasteiger partial charge in [-0.05, 0) is 18.2 Å². The van der Waals surface area contributed by atoms with E-state index in [1.807, 2.05) is 12.1 Å². The summed E-state index contributed by atoms with van der Waals surface area (Å²) in [5.41, 5.74) is 0.873. The average Bonchev–Trinajstić information content (AvgIpc) is 2.00. The van der Waals surface area contributed by atoms with Crippen molar-refractivity contribution < 1.29 is 8.42 Å². The zero-order valence-corrected chi connectivity index (χ0v) is 8.98. The third-order valence-corrected chi connectivity index (χ3v) is 4.16. The molecule has 5 heteroatoms. The molecule has 0 aliphatic carbocycles. The van der Waals surface area contributed by atoms with Crippen molar-refractivity contribution in [2.75, 3.05) is 16.8 Å². The molecule has 0 bridgehead atoms. The quantitative estimate of drug-likeness (QED) is 0.840. The molecule has 0 amide bonds. The van der Waals surface area contributed by atoms with Gasteiger partial charge in [-0.3, -0.25) is 0 Å². The van der Waals surface area contributed by atoms with Gasteiger partial charge in [-0.1, -0.05) is 17.7 Å². The number of anilines is 1. The van der Waals surface area contributed by atoms with E-state index in [0.29, 0.717) is 5.02 Å². The van der Waals surface area contributed by atoms with Crippen LogP contribution in [0.3, 0.4) is 0 Å². The molecule has 76 valence electrons. The third-order valence-electron chi connectivity index (χ3n) is 2.11. The van der Waals surface area contributed by atoms with Gasteiger partial charge in [0, 0.05) is 10.7 Å². The van der Waals surface area contributed by atoms with Gasteiger partial charge in [0.2, 0.25) is 0 Å². The van der Waals surface area contributed by atoms with E-state index in [-0.39, 0.29) is 17.5 Å². The Morgan fingerprint density at radius 1 is 1.36 bits per heavy atom. The highest BCUT2D eigenvalue weighted by Gasteiger charge is 2.32. The zero-order valence-electron chi connectivity index (χ0n) is 7.40. The van der Waals surface area contributed by atoms with Crippen LogP contribution in [-0.2, 0) is 9.84 Å². The van der Waals surface area contributed by atoms with E-state index in [1.165, 1.54) is 0 Å². The fraction of sp³-hybridized carbons (Fsp3) is 0.333. The Bertz CT molecular complexity index is 432. The van der Waals surface area contributed by atoms with E-state index in [2.05, 4.69) is 5.32 Å². The molecule has 3 nitrogen and oxygen atoms in total. The second-order valence-corrected chi connectivity index (χ2v) is 6.02. The summed E-state index contributed by atoms with van der Waals surface area (Å²) in [6.45, 7) is 0. The van der Waals surface area contributed by atoms with E-state index in [0.717, 1.165) is 5.69 Å². The number of hydrogen-bond acceptors (Lipinski definition) is 3. The number of sulfone groups is 1. The molecular formula is C9H10ClNO2S. The standard InChI is InChI=1S/C9H10ClNO2S/c10-7-2-1-3-8(4-7)11-9-5-14(12,13)6-9/h1-4,9,11H,5-6H2. The first kappa shape index (κ1) is 9.80. The minimum absolute atomic E-state index is 0.0402. The van der Waals surface area contributed by atoms with E-state index in [9.17, 15) is 8.42 Å². The highest BCUT2D eigenvalue weighted by Crippen LogP contribution is 2.19. The topological polar surface area (TPSA) is 46.2 Å². The Morgan fingerprint density at radius 3 is 2.64 bits per heavy atom. The average molecular weight is 232 g/mol. The molecule has 0 unspecified atom stereocenters. The summed E-state index contributed by atoms with van der Waals surface area (Å²) in [4.78, 5) is 0. The van der Waals surface area contributed by atoms with Crippen molar-refractivity contribution in [2.24, 2.45) is 0 Å². The number of halogens is 1. The van der Waals surface area contributed by atoms with Crippen LogP contribution in [0.1, 0.15) is 0 Å². The fourth-order valence-electron chi connectivity index (χ4n) is 1.46. The van der Waals surface area contributed by atoms with E-state index in [4.69, 9.17) is 11.6 Å². The van der Waals surface area contributed by atoms with Crippen LogP contribution in [0, 0.1) is 0 Å². The summed E-state index contributed by atoms with van der Waals surface area (Å²) >= 11 is 5.79. The molecule has 1 aromatic rings. The molecule has 0 radical (unpaired) electrons. The Morgan fingerprint density at radius 2 is 2.07 bits per heavy atom. The molecule has 1 heterocycles. The van der Waals surface area contributed by atoms with Gasteiger partial charge >= 0.3 is 0 Å². The molecule has 14 heavy (non-hydrogen) atoms. The molecule has 0 atom stereocenters. The van der Waals surface area contributed by atoms with Crippen LogP contribution in [0.15, 0.2) is 24.3 Å². The number of hydrogen-bond donors (Lipinski definition) is 1. The fourth-order valence-corrected chi connectivity index (χ4v) is 2.95. The van der Waals surface area contributed by atoms with Gasteiger partial charge in [0.15, 0.2) is 9.84 Å². The first-order chi connectivity index (χ1) is 6.55. The van der Waals surface area contributed by atoms with Crippen molar-refractivity contribution in [3.8, 4) is 0 Å². The lowest BCUT2D eigenvalue weighted by molar-refractivity contribution is 0.570. The molecule has 1 aliphatic rings. The molecule has 1 fully saturated rings. The summed E-state index contributed by atoms with van der Waals surface area (Å²) in [7, 11) is -2.76. The lowest BCUT2D eigenvalue weighted by atomic mass is 10.3. The molecule has 0 saturated carbocycles. The lowest BCUT2D eigenvalue weighted by Gasteiger charge is -2.27. The maximum atomic E-state index is 10.9. The van der Waals surface area contributed by atoms with Crippen molar-refractivity contribution in [2.45, 2.75) is 6.04 Å². The minimum Gasteiger partial charge on any atom is -0.380 e. The first-order valence-corrected chi connectivity index (χ1v) is 6.48. The molecule has 1 aromatic carbocycles. The summed E-state index contributed by atoms with van der Waals surface area (Å²) in [6.07, 6.45) is 0. The van der Waals surface area contributed by atoms with Crippen molar-refractivity contribution in [1.29, 1.82) is 0 Å². The van der Waals surface area contributed by atoms with Crippen molar-refractivity contribution in [3.05, 3.63) is 29.3 Å². The monoisotopic (exact) mass is 231 g/mol. The van der Waals surface area contributed by atoms with Crippen LogP contribution < -0.4 is 5.32 Å². The van der Waals surface area contributed by atoms with Crippen LogP contribution in [0.5, 0.6) is 0 Å². The van der Waals surface area contributed by atoms with Gasteiger partial charge in [0.1, 0.15) is 0 Å². The van der Waals surface area contributed by atoms with Crippen molar-refractivity contribution in [3.63, 3.8) is 0 Å². The van der Waals surface area contributed by atoms with Gasteiger partial charge in [-0.2, -0.15) is 0 Å². The predicted molar refractivity (Wildman–Crippen MR) is 57.5 cm³/mol. The Kier molecular flexibility index (Phi) is 2.41. The van der Waals surface area contributed by atoms with Gasteiger partial charge in [-0.25, -0.2) is 8.42 Å². The Hall–Kier alpha value is -0.740. The highest BCUT2D eigenvalue weighted by molar-refractivity contribution is 7.92.